The number of halogens is 2. The Hall–Kier alpha value is 1.38. The van der Waals surface area contributed by atoms with E-state index in [9.17, 15) is 0 Å². The molecule has 2 nitrogen and oxygen atoms in total. The van der Waals surface area contributed by atoms with Crippen LogP contribution < -0.4 is 5.32 Å². The van der Waals surface area contributed by atoms with Crippen LogP contribution >= 0.6 is 45.2 Å². The Labute approximate surface area is 152 Å². The molecule has 0 saturated carbocycles. The summed E-state index contributed by atoms with van der Waals surface area (Å²) in [5.41, 5.74) is 0.821. The second kappa shape index (κ2) is 6.11. The number of rotatable bonds is 3. The predicted octanol–water partition coefficient (Wildman–Crippen LogP) is 4.31. The zero-order valence-corrected chi connectivity index (χ0v) is 17.9. The molecule has 2 aliphatic heterocycles. The molecule has 20 heavy (non-hydrogen) atoms. The Morgan fingerprint density at radius 2 is 1.90 bits per heavy atom. The fourth-order valence-electron chi connectivity index (χ4n) is 3.58. The molecule has 0 bridgehead atoms. The summed E-state index contributed by atoms with van der Waals surface area (Å²) in [6.45, 7) is 17.1. The van der Waals surface area contributed by atoms with Gasteiger partial charge in [-0.3, -0.25) is 0 Å². The minimum absolute atomic E-state index is 0.397. The lowest BCUT2D eigenvalue weighted by Crippen LogP contribution is -2.43. The molecule has 0 aromatic rings. The minimum atomic E-state index is 0.397. The molecule has 118 valence electrons. The average molecular weight is 504 g/mol. The van der Waals surface area contributed by atoms with Crippen molar-refractivity contribution in [1.82, 2.24) is 10.2 Å². The van der Waals surface area contributed by atoms with Crippen LogP contribution in [0, 0.1) is 16.7 Å². The molecule has 2 heterocycles. The van der Waals surface area contributed by atoms with Crippen molar-refractivity contribution < 1.29 is 0 Å². The average Bonchev–Trinajstić information content (AvgIpc) is 2.85. The van der Waals surface area contributed by atoms with E-state index in [2.05, 4.69) is 90.0 Å². The van der Waals surface area contributed by atoms with E-state index in [1.807, 2.05) is 0 Å². The van der Waals surface area contributed by atoms with Crippen molar-refractivity contribution in [1.29, 1.82) is 0 Å². The smallest absolute Gasteiger partial charge is 0.0597 e. The summed E-state index contributed by atoms with van der Waals surface area (Å²) in [6, 6.07) is 0. The summed E-state index contributed by atoms with van der Waals surface area (Å²) in [6.07, 6.45) is 2.67. The first-order valence-corrected chi connectivity index (χ1v) is 10.1. The molecule has 1 N–H and O–H groups in total. The monoisotopic (exact) mass is 504 g/mol. The Balaban J connectivity index is 1.95. The fraction of sp³-hybridized carbons (Fsp3) is 1.00. The van der Waals surface area contributed by atoms with E-state index in [0.29, 0.717) is 18.3 Å². The third-order valence-electron chi connectivity index (χ3n) is 5.46. The van der Waals surface area contributed by atoms with Gasteiger partial charge in [0, 0.05) is 16.5 Å². The number of hydrogen-bond donors (Lipinski definition) is 1. The zero-order chi connectivity index (χ0) is 15.2. The third kappa shape index (κ3) is 3.82. The molecular weight excluding hydrogens is 474 g/mol. The summed E-state index contributed by atoms with van der Waals surface area (Å²) >= 11 is 5.28. The highest BCUT2D eigenvalue weighted by Crippen LogP contribution is 2.46. The molecule has 2 aliphatic rings. The maximum absolute atomic E-state index is 3.61. The fourth-order valence-corrected chi connectivity index (χ4v) is 5.17. The van der Waals surface area contributed by atoms with Crippen molar-refractivity contribution in [2.75, 3.05) is 26.2 Å². The lowest BCUT2D eigenvalue weighted by molar-refractivity contribution is 0.139. The van der Waals surface area contributed by atoms with E-state index in [4.69, 9.17) is 0 Å². The molecule has 0 spiro atoms. The van der Waals surface area contributed by atoms with Gasteiger partial charge in [-0.15, -0.1) is 0 Å². The molecule has 2 saturated heterocycles. The molecule has 0 aromatic heterocycles. The Morgan fingerprint density at radius 1 is 1.25 bits per heavy atom. The summed E-state index contributed by atoms with van der Waals surface area (Å²) in [5.74, 6) is 0.822. The zero-order valence-electron chi connectivity index (χ0n) is 13.6. The van der Waals surface area contributed by atoms with E-state index in [-0.39, 0.29) is 0 Å². The van der Waals surface area contributed by atoms with Crippen molar-refractivity contribution in [2.45, 2.75) is 54.9 Å². The van der Waals surface area contributed by atoms with Gasteiger partial charge < -0.3 is 10.2 Å². The number of alkyl halides is 2. The van der Waals surface area contributed by atoms with Gasteiger partial charge >= 0.3 is 0 Å². The second-order valence-corrected chi connectivity index (χ2v) is 12.0. The van der Waals surface area contributed by atoms with E-state index in [1.165, 1.54) is 39.0 Å². The molecule has 4 heteroatoms. The Morgan fingerprint density at radius 3 is 2.35 bits per heavy atom. The van der Waals surface area contributed by atoms with Crippen LogP contribution in [0.2, 0.25) is 0 Å². The van der Waals surface area contributed by atoms with Crippen LogP contribution in [0.3, 0.4) is 0 Å². The Bertz CT molecular complexity index is 351. The second-order valence-electron chi connectivity index (χ2n) is 8.47. The lowest BCUT2D eigenvalue weighted by Gasteiger charge is -2.39. The molecule has 3 atom stereocenters. The van der Waals surface area contributed by atoms with Crippen molar-refractivity contribution in [3.8, 4) is 0 Å². The lowest BCUT2D eigenvalue weighted by atomic mass is 9.77. The molecule has 2 rings (SSSR count). The van der Waals surface area contributed by atoms with Crippen LogP contribution in [0.4, 0.5) is 0 Å². The standard InChI is InChI=1S/C16H30I2N2/c1-14(2,3)16(18)6-7-20(11-16)10-15(4,5)12-8-13(17)19-9-12/h12-13,19H,6-11H2,1-5H3. The van der Waals surface area contributed by atoms with E-state index in [0.717, 1.165) is 5.92 Å². The van der Waals surface area contributed by atoms with E-state index in [1.54, 1.807) is 0 Å². The van der Waals surface area contributed by atoms with Gasteiger partial charge in [-0.05, 0) is 42.7 Å². The largest absolute Gasteiger partial charge is 0.305 e. The maximum atomic E-state index is 3.61. The number of likely N-dealkylation sites (tertiary alicyclic amines) is 1. The molecule has 0 aromatic carbocycles. The molecule has 0 aliphatic carbocycles. The van der Waals surface area contributed by atoms with Gasteiger partial charge in [0.25, 0.3) is 0 Å². The van der Waals surface area contributed by atoms with E-state index >= 15 is 0 Å². The SMILES string of the molecule is CC(C)(CN1CCC(I)(C(C)(C)C)C1)C1CNC(I)C1. The third-order valence-corrected chi connectivity index (χ3v) is 8.90. The van der Waals surface area contributed by atoms with Crippen LogP contribution in [-0.2, 0) is 0 Å². The van der Waals surface area contributed by atoms with Crippen molar-refractivity contribution in [3.63, 3.8) is 0 Å². The summed E-state index contributed by atoms with van der Waals surface area (Å²) in [4.78, 5) is 2.72. The number of nitrogens with zero attached hydrogens (tertiary/aromatic N) is 1. The van der Waals surface area contributed by atoms with E-state index < -0.39 is 0 Å². The molecular formula is C16H30I2N2. The maximum Gasteiger partial charge on any atom is 0.0597 e. The van der Waals surface area contributed by atoms with Crippen LogP contribution in [0.5, 0.6) is 0 Å². The van der Waals surface area contributed by atoms with Gasteiger partial charge in [0.1, 0.15) is 0 Å². The van der Waals surface area contributed by atoms with Crippen molar-refractivity contribution >= 4 is 45.2 Å². The van der Waals surface area contributed by atoms with Crippen LogP contribution in [0.25, 0.3) is 0 Å². The van der Waals surface area contributed by atoms with Crippen LogP contribution in [0.1, 0.15) is 47.5 Å². The summed E-state index contributed by atoms with van der Waals surface area (Å²) in [5, 5.41) is 3.61. The Kier molecular flexibility index (Phi) is 5.42. The van der Waals surface area contributed by atoms with Gasteiger partial charge in [-0.2, -0.15) is 0 Å². The molecule has 0 amide bonds. The quantitative estimate of drug-likeness (QED) is 0.351. The summed E-state index contributed by atoms with van der Waals surface area (Å²) < 4.78 is 1.12. The topological polar surface area (TPSA) is 15.3 Å². The normalized spacial score (nSPS) is 36.8. The van der Waals surface area contributed by atoms with Gasteiger partial charge in [-0.25, -0.2) is 0 Å². The predicted molar refractivity (Wildman–Crippen MR) is 105 cm³/mol. The van der Waals surface area contributed by atoms with Crippen molar-refractivity contribution in [3.05, 3.63) is 0 Å². The summed E-state index contributed by atoms with van der Waals surface area (Å²) in [7, 11) is 0. The molecule has 3 unspecified atom stereocenters. The first-order valence-electron chi connectivity index (χ1n) is 7.82. The highest BCUT2D eigenvalue weighted by molar-refractivity contribution is 14.1. The van der Waals surface area contributed by atoms with Gasteiger partial charge in [-0.1, -0.05) is 79.8 Å². The van der Waals surface area contributed by atoms with Crippen molar-refractivity contribution in [2.24, 2.45) is 16.7 Å². The first-order chi connectivity index (χ1) is 9.03. The van der Waals surface area contributed by atoms with Gasteiger partial charge in [0.2, 0.25) is 0 Å². The number of hydrogen-bond acceptors (Lipinski definition) is 2. The van der Waals surface area contributed by atoms with Crippen LogP contribution in [0.15, 0.2) is 0 Å². The molecule has 0 radical (unpaired) electrons. The first kappa shape index (κ1) is 17.7. The van der Waals surface area contributed by atoms with Crippen LogP contribution in [-0.4, -0.2) is 38.5 Å². The highest BCUT2D eigenvalue weighted by Gasteiger charge is 2.46. The van der Waals surface area contributed by atoms with Gasteiger partial charge in [0.15, 0.2) is 0 Å². The van der Waals surface area contributed by atoms with Gasteiger partial charge in [0.05, 0.1) is 4.05 Å². The number of nitrogens with one attached hydrogen (secondary N) is 1. The molecule has 2 fully saturated rings. The highest BCUT2D eigenvalue weighted by atomic mass is 127. The minimum Gasteiger partial charge on any atom is -0.305 e.